The first-order valence-corrected chi connectivity index (χ1v) is 14.0. The Labute approximate surface area is 246 Å². The van der Waals surface area contributed by atoms with Crippen molar-refractivity contribution in [2.45, 2.75) is 39.3 Å². The number of aromatic hydroxyl groups is 1. The maximum Gasteiger partial charge on any atom is 0.267 e. The summed E-state index contributed by atoms with van der Waals surface area (Å²) in [4.78, 5) is 58.3. The van der Waals surface area contributed by atoms with Gasteiger partial charge in [0.15, 0.2) is 5.75 Å². The van der Waals surface area contributed by atoms with Crippen LogP contribution in [-0.4, -0.2) is 63.1 Å². The molecule has 2 N–H and O–H groups in total. The lowest BCUT2D eigenvalue weighted by Crippen LogP contribution is -2.38. The number of ether oxygens (including phenoxy) is 1. The highest BCUT2D eigenvalue weighted by Crippen LogP contribution is 2.27. The highest BCUT2D eigenvalue weighted by Gasteiger charge is 2.35. The van der Waals surface area contributed by atoms with E-state index < -0.39 is 34.6 Å². The minimum Gasteiger partial charge on any atom is -0.505 e. The Kier molecular flexibility index (Phi) is 8.63. The van der Waals surface area contributed by atoms with Gasteiger partial charge in [-0.1, -0.05) is 24.3 Å². The maximum atomic E-state index is 13.8. The summed E-state index contributed by atoms with van der Waals surface area (Å²) in [6.45, 7) is 4.11. The molecule has 10 nitrogen and oxygen atoms in total. The molecule has 11 heteroatoms. The van der Waals surface area contributed by atoms with Crippen LogP contribution in [0.5, 0.6) is 5.75 Å². The number of fused-ring (bicyclic) bond motifs is 2. The standard InChI is InChI=1S/C32H31FN4O6/c1-19(2)43-15-5-12-34-29(39)26-28(38)27-25(17-21(18-35-27)16-20-8-10-22(33)11-9-20)36(32(26)42)13-14-37-30(40)23-6-3-4-7-24(23)31(37)41/h3-4,6-11,17-19,38H,5,12-16H2,1-2H3,(H,34,39). The molecule has 0 atom stereocenters. The Balaban J connectivity index is 1.49. The molecule has 4 aromatic rings. The Bertz CT molecular complexity index is 1730. The molecule has 0 unspecified atom stereocenters. The van der Waals surface area contributed by atoms with Crippen molar-refractivity contribution < 1.29 is 28.6 Å². The van der Waals surface area contributed by atoms with Gasteiger partial charge in [0.25, 0.3) is 23.3 Å². The number of carbonyl (C=O) groups is 3. The fourth-order valence-corrected chi connectivity index (χ4v) is 5.03. The molecule has 0 saturated carbocycles. The SMILES string of the molecule is CC(C)OCCCNC(=O)c1c(O)c2ncc(Cc3ccc(F)cc3)cc2n(CCN2C(=O)c3ccccc3C2=O)c1=O. The zero-order chi connectivity index (χ0) is 30.7. The lowest BCUT2D eigenvalue weighted by Gasteiger charge is -2.18. The first-order valence-electron chi connectivity index (χ1n) is 14.0. The molecule has 43 heavy (non-hydrogen) atoms. The summed E-state index contributed by atoms with van der Waals surface area (Å²) in [6, 6.07) is 14.1. The van der Waals surface area contributed by atoms with Crippen molar-refractivity contribution in [1.29, 1.82) is 0 Å². The summed E-state index contributed by atoms with van der Waals surface area (Å²) in [6.07, 6.45) is 2.40. The highest BCUT2D eigenvalue weighted by atomic mass is 19.1. The average Bonchev–Trinajstić information content (AvgIpc) is 3.23. The van der Waals surface area contributed by atoms with E-state index in [2.05, 4.69) is 10.3 Å². The van der Waals surface area contributed by atoms with Crippen LogP contribution in [0.1, 0.15) is 62.5 Å². The van der Waals surface area contributed by atoms with Gasteiger partial charge in [0.2, 0.25) is 0 Å². The molecule has 1 aliphatic heterocycles. The predicted octanol–water partition coefficient (Wildman–Crippen LogP) is 3.67. The van der Waals surface area contributed by atoms with Crippen LogP contribution >= 0.6 is 0 Å². The third-order valence-electron chi connectivity index (χ3n) is 7.17. The number of halogens is 1. The number of rotatable bonds is 11. The zero-order valence-corrected chi connectivity index (χ0v) is 23.8. The van der Waals surface area contributed by atoms with Gasteiger partial charge in [-0.25, -0.2) is 4.39 Å². The minimum atomic E-state index is -0.793. The second kappa shape index (κ2) is 12.5. The van der Waals surface area contributed by atoms with Crippen molar-refractivity contribution in [3.63, 3.8) is 0 Å². The van der Waals surface area contributed by atoms with E-state index in [0.717, 1.165) is 10.5 Å². The number of hydrogen-bond donors (Lipinski definition) is 2. The smallest absolute Gasteiger partial charge is 0.267 e. The van der Waals surface area contributed by atoms with Crippen molar-refractivity contribution in [2.75, 3.05) is 19.7 Å². The highest BCUT2D eigenvalue weighted by molar-refractivity contribution is 6.21. The molecule has 3 amide bonds. The van der Waals surface area contributed by atoms with E-state index in [1.807, 2.05) is 13.8 Å². The van der Waals surface area contributed by atoms with Crippen LogP contribution in [0.2, 0.25) is 0 Å². The number of nitrogens with zero attached hydrogens (tertiary/aromatic N) is 3. The summed E-state index contributed by atoms with van der Waals surface area (Å²) in [5.74, 6) is -2.67. The van der Waals surface area contributed by atoms with Gasteiger partial charge >= 0.3 is 0 Å². The summed E-state index contributed by atoms with van der Waals surface area (Å²) >= 11 is 0. The average molecular weight is 587 g/mol. The third kappa shape index (κ3) is 6.17. The van der Waals surface area contributed by atoms with E-state index in [1.165, 1.54) is 22.9 Å². The van der Waals surface area contributed by atoms with Crippen LogP contribution in [0.4, 0.5) is 4.39 Å². The molecular weight excluding hydrogens is 555 g/mol. The fourth-order valence-electron chi connectivity index (χ4n) is 5.03. The van der Waals surface area contributed by atoms with E-state index in [-0.39, 0.29) is 53.7 Å². The van der Waals surface area contributed by atoms with Gasteiger partial charge < -0.3 is 19.7 Å². The maximum absolute atomic E-state index is 13.8. The van der Waals surface area contributed by atoms with E-state index in [9.17, 15) is 28.7 Å². The van der Waals surface area contributed by atoms with E-state index in [1.54, 1.807) is 42.5 Å². The van der Waals surface area contributed by atoms with Crippen molar-refractivity contribution in [3.05, 3.63) is 105 Å². The monoisotopic (exact) mass is 586 g/mol. The number of hydrogen-bond acceptors (Lipinski definition) is 7. The molecule has 0 saturated heterocycles. The molecule has 1 aliphatic rings. The van der Waals surface area contributed by atoms with Gasteiger partial charge in [-0.3, -0.25) is 29.1 Å². The van der Waals surface area contributed by atoms with Crippen molar-refractivity contribution >= 4 is 28.8 Å². The lowest BCUT2D eigenvalue weighted by atomic mass is 10.1. The topological polar surface area (TPSA) is 131 Å². The summed E-state index contributed by atoms with van der Waals surface area (Å²) in [7, 11) is 0. The van der Waals surface area contributed by atoms with Gasteiger partial charge in [-0.05, 0) is 68.1 Å². The number of benzene rings is 2. The largest absolute Gasteiger partial charge is 0.505 e. The molecule has 3 heterocycles. The molecule has 0 bridgehead atoms. The number of imide groups is 1. The Morgan fingerprint density at radius 3 is 2.33 bits per heavy atom. The molecule has 0 aliphatic carbocycles. The second-order valence-electron chi connectivity index (χ2n) is 10.5. The quantitative estimate of drug-likeness (QED) is 0.203. The van der Waals surface area contributed by atoms with Crippen molar-refractivity contribution in [3.8, 4) is 5.75 Å². The first-order chi connectivity index (χ1) is 20.7. The lowest BCUT2D eigenvalue weighted by molar-refractivity contribution is 0.0647. The molecule has 2 aromatic heterocycles. The zero-order valence-electron chi connectivity index (χ0n) is 23.8. The van der Waals surface area contributed by atoms with Gasteiger partial charge in [0.05, 0.1) is 22.7 Å². The molecule has 222 valence electrons. The van der Waals surface area contributed by atoms with E-state index >= 15 is 0 Å². The van der Waals surface area contributed by atoms with Crippen molar-refractivity contribution in [2.24, 2.45) is 0 Å². The number of amides is 3. The fraction of sp³-hybridized carbons (Fsp3) is 0.281. The minimum absolute atomic E-state index is 0.0121. The Morgan fingerprint density at radius 2 is 1.67 bits per heavy atom. The molecule has 0 radical (unpaired) electrons. The summed E-state index contributed by atoms with van der Waals surface area (Å²) in [5.41, 5.74) is 0.967. The van der Waals surface area contributed by atoms with Crippen LogP contribution in [0, 0.1) is 5.82 Å². The normalized spacial score (nSPS) is 12.8. The van der Waals surface area contributed by atoms with E-state index in [4.69, 9.17) is 4.74 Å². The summed E-state index contributed by atoms with van der Waals surface area (Å²) < 4.78 is 20.1. The van der Waals surface area contributed by atoms with Crippen molar-refractivity contribution in [1.82, 2.24) is 19.8 Å². The van der Waals surface area contributed by atoms with Crippen LogP contribution in [0.25, 0.3) is 11.0 Å². The predicted molar refractivity (Wildman–Crippen MR) is 157 cm³/mol. The van der Waals surface area contributed by atoms with Crippen LogP contribution < -0.4 is 10.9 Å². The van der Waals surface area contributed by atoms with E-state index in [0.29, 0.717) is 25.0 Å². The van der Waals surface area contributed by atoms with Gasteiger partial charge in [-0.2, -0.15) is 0 Å². The first kappa shape index (κ1) is 29.6. The number of aromatic nitrogens is 2. The molecule has 2 aromatic carbocycles. The molecule has 0 spiro atoms. The van der Waals surface area contributed by atoms with Gasteiger partial charge in [-0.15, -0.1) is 0 Å². The Hall–Kier alpha value is -4.90. The number of pyridine rings is 2. The number of nitrogens with one attached hydrogen (secondary N) is 1. The second-order valence-corrected chi connectivity index (χ2v) is 10.5. The molecule has 0 fully saturated rings. The summed E-state index contributed by atoms with van der Waals surface area (Å²) in [5, 5.41) is 13.7. The van der Waals surface area contributed by atoms with Crippen LogP contribution in [-0.2, 0) is 17.7 Å². The van der Waals surface area contributed by atoms with Crippen LogP contribution in [0.15, 0.2) is 65.6 Å². The molecule has 5 rings (SSSR count). The van der Waals surface area contributed by atoms with Gasteiger partial charge in [0, 0.05) is 32.4 Å². The molecular formula is C32H31FN4O6. The number of carbonyl (C=O) groups excluding carboxylic acids is 3. The van der Waals surface area contributed by atoms with Gasteiger partial charge in [0.1, 0.15) is 16.9 Å². The third-order valence-corrected chi connectivity index (χ3v) is 7.17. The Morgan fingerprint density at radius 1 is 1.00 bits per heavy atom. The van der Waals surface area contributed by atoms with Crippen LogP contribution in [0.3, 0.4) is 0 Å².